The van der Waals surface area contributed by atoms with Crippen LogP contribution in [0.1, 0.15) is 49.7 Å². The molecule has 1 amide bonds. The van der Waals surface area contributed by atoms with Crippen LogP contribution in [0.5, 0.6) is 5.75 Å². The minimum absolute atomic E-state index is 0. The Labute approximate surface area is 164 Å². The lowest BCUT2D eigenvalue weighted by molar-refractivity contribution is -0.133. The van der Waals surface area contributed by atoms with Gasteiger partial charge in [0.1, 0.15) is 11.9 Å². The van der Waals surface area contributed by atoms with E-state index in [0.717, 1.165) is 57.1 Å². The molecule has 2 aliphatic rings. The zero-order chi connectivity index (χ0) is 17.6. The first-order valence-electron chi connectivity index (χ1n) is 9.84. The summed E-state index contributed by atoms with van der Waals surface area (Å²) in [6, 6.07) is 6.35. The monoisotopic (exact) mass is 380 g/mol. The number of nitrogens with zero attached hydrogens (tertiary/aromatic N) is 1. The van der Waals surface area contributed by atoms with Crippen molar-refractivity contribution in [2.24, 2.45) is 5.92 Å². The van der Waals surface area contributed by atoms with Gasteiger partial charge in [-0.15, -0.1) is 12.4 Å². The van der Waals surface area contributed by atoms with Gasteiger partial charge in [-0.2, -0.15) is 0 Å². The number of nitrogens with one attached hydrogen (secondary N) is 1. The van der Waals surface area contributed by atoms with E-state index in [4.69, 9.17) is 4.74 Å². The summed E-state index contributed by atoms with van der Waals surface area (Å²) >= 11 is 0. The number of ether oxygens (including phenoxy) is 1. The SMILES string of the molecule is Cc1ccc(C)c(OC2CCN(C(=O)CCC3CCNCC3)CC2)c1.Cl. The van der Waals surface area contributed by atoms with Crippen LogP contribution in [-0.2, 0) is 4.79 Å². The summed E-state index contributed by atoms with van der Waals surface area (Å²) in [5.74, 6) is 2.06. The maximum atomic E-state index is 12.5. The van der Waals surface area contributed by atoms with Gasteiger partial charge in [0.25, 0.3) is 0 Å². The average molecular weight is 381 g/mol. The van der Waals surface area contributed by atoms with Crippen LogP contribution >= 0.6 is 12.4 Å². The van der Waals surface area contributed by atoms with Crippen molar-refractivity contribution in [3.05, 3.63) is 29.3 Å². The van der Waals surface area contributed by atoms with E-state index in [1.54, 1.807) is 0 Å². The highest BCUT2D eigenvalue weighted by Crippen LogP contribution is 2.25. The number of rotatable bonds is 5. The van der Waals surface area contributed by atoms with E-state index >= 15 is 0 Å². The number of hydrogen-bond donors (Lipinski definition) is 1. The summed E-state index contributed by atoms with van der Waals surface area (Å²) in [4.78, 5) is 14.5. The van der Waals surface area contributed by atoms with Crippen LogP contribution < -0.4 is 10.1 Å². The molecule has 2 fully saturated rings. The summed E-state index contributed by atoms with van der Waals surface area (Å²) in [6.07, 6.45) is 6.32. The molecular weight excluding hydrogens is 348 g/mol. The Morgan fingerprint density at radius 3 is 2.54 bits per heavy atom. The van der Waals surface area contributed by atoms with Crippen molar-refractivity contribution < 1.29 is 9.53 Å². The number of likely N-dealkylation sites (tertiary alicyclic amines) is 1. The second-order valence-corrected chi connectivity index (χ2v) is 7.70. The van der Waals surface area contributed by atoms with E-state index in [-0.39, 0.29) is 18.5 Å². The smallest absolute Gasteiger partial charge is 0.222 e. The highest BCUT2D eigenvalue weighted by molar-refractivity contribution is 5.85. The molecule has 0 bridgehead atoms. The fourth-order valence-corrected chi connectivity index (χ4v) is 3.89. The van der Waals surface area contributed by atoms with Gasteiger partial charge in [0.15, 0.2) is 0 Å². The van der Waals surface area contributed by atoms with Gasteiger partial charge in [-0.25, -0.2) is 0 Å². The molecule has 2 aliphatic heterocycles. The largest absolute Gasteiger partial charge is 0.490 e. The van der Waals surface area contributed by atoms with Gasteiger partial charge in [0, 0.05) is 32.4 Å². The minimum Gasteiger partial charge on any atom is -0.490 e. The third-order valence-electron chi connectivity index (χ3n) is 5.66. The molecule has 1 aromatic rings. The second kappa shape index (κ2) is 10.2. The fraction of sp³-hybridized carbons (Fsp3) is 0.667. The Hall–Kier alpha value is -1.26. The average Bonchev–Trinajstić information content (AvgIpc) is 2.64. The summed E-state index contributed by atoms with van der Waals surface area (Å²) in [6.45, 7) is 8.07. The number of hydrogen-bond acceptors (Lipinski definition) is 3. The number of benzene rings is 1. The first kappa shape index (κ1) is 21.0. The molecule has 1 aromatic carbocycles. The Balaban J connectivity index is 0.00000243. The number of carbonyl (C=O) groups excluding carboxylic acids is 1. The second-order valence-electron chi connectivity index (χ2n) is 7.70. The molecule has 146 valence electrons. The van der Waals surface area contributed by atoms with Crippen LogP contribution in [0.25, 0.3) is 0 Å². The van der Waals surface area contributed by atoms with Gasteiger partial charge in [0.05, 0.1) is 0 Å². The zero-order valence-electron chi connectivity index (χ0n) is 16.1. The molecule has 2 saturated heterocycles. The van der Waals surface area contributed by atoms with Crippen LogP contribution in [0.4, 0.5) is 0 Å². The molecule has 5 heteroatoms. The highest BCUT2D eigenvalue weighted by Gasteiger charge is 2.25. The van der Waals surface area contributed by atoms with Crippen LogP contribution in [0, 0.1) is 19.8 Å². The third kappa shape index (κ3) is 5.88. The van der Waals surface area contributed by atoms with Crippen molar-refractivity contribution in [3.63, 3.8) is 0 Å². The molecule has 4 nitrogen and oxygen atoms in total. The van der Waals surface area contributed by atoms with Crippen molar-refractivity contribution in [1.82, 2.24) is 10.2 Å². The molecule has 3 rings (SSSR count). The van der Waals surface area contributed by atoms with Crippen LogP contribution in [0.2, 0.25) is 0 Å². The molecule has 0 saturated carbocycles. The predicted molar refractivity (Wildman–Crippen MR) is 108 cm³/mol. The quantitative estimate of drug-likeness (QED) is 0.842. The van der Waals surface area contributed by atoms with Gasteiger partial charge >= 0.3 is 0 Å². The van der Waals surface area contributed by atoms with Crippen LogP contribution in [-0.4, -0.2) is 43.1 Å². The Bertz CT molecular complexity index is 579. The Kier molecular flexibility index (Phi) is 8.23. The van der Waals surface area contributed by atoms with E-state index < -0.39 is 0 Å². The predicted octanol–water partition coefficient (Wildman–Crippen LogP) is 3.87. The molecule has 0 spiro atoms. The summed E-state index contributed by atoms with van der Waals surface area (Å²) in [7, 11) is 0. The first-order valence-corrected chi connectivity index (χ1v) is 9.84. The van der Waals surface area contributed by atoms with Gasteiger partial charge in [-0.3, -0.25) is 4.79 Å². The lowest BCUT2D eigenvalue weighted by Gasteiger charge is -2.33. The molecular formula is C21H33ClN2O2. The summed E-state index contributed by atoms with van der Waals surface area (Å²) < 4.78 is 6.21. The molecule has 0 unspecified atom stereocenters. The summed E-state index contributed by atoms with van der Waals surface area (Å²) in [5.41, 5.74) is 2.41. The van der Waals surface area contributed by atoms with Crippen molar-refractivity contribution in [2.75, 3.05) is 26.2 Å². The van der Waals surface area contributed by atoms with Crippen LogP contribution in [0.3, 0.4) is 0 Å². The van der Waals surface area contributed by atoms with E-state index in [1.165, 1.54) is 24.0 Å². The Morgan fingerprint density at radius 1 is 1.15 bits per heavy atom. The fourth-order valence-electron chi connectivity index (χ4n) is 3.89. The van der Waals surface area contributed by atoms with E-state index in [9.17, 15) is 4.79 Å². The highest BCUT2D eigenvalue weighted by atomic mass is 35.5. The van der Waals surface area contributed by atoms with Crippen molar-refractivity contribution >= 4 is 18.3 Å². The number of piperidine rings is 2. The van der Waals surface area contributed by atoms with Gasteiger partial charge < -0.3 is 15.0 Å². The Morgan fingerprint density at radius 2 is 1.85 bits per heavy atom. The maximum Gasteiger partial charge on any atom is 0.222 e. The zero-order valence-corrected chi connectivity index (χ0v) is 16.9. The van der Waals surface area contributed by atoms with Crippen molar-refractivity contribution in [1.29, 1.82) is 0 Å². The van der Waals surface area contributed by atoms with E-state index in [0.29, 0.717) is 12.3 Å². The molecule has 0 radical (unpaired) electrons. The topological polar surface area (TPSA) is 41.6 Å². The molecule has 1 N–H and O–H groups in total. The summed E-state index contributed by atoms with van der Waals surface area (Å²) in [5, 5.41) is 3.39. The number of halogens is 1. The standard InChI is InChI=1S/C21H32N2O2.ClH/c1-16-3-4-17(2)20(15-16)25-19-9-13-23(14-10-19)21(24)6-5-18-7-11-22-12-8-18;/h3-4,15,18-19,22H,5-14H2,1-2H3;1H. The van der Waals surface area contributed by atoms with Gasteiger partial charge in [-0.05, 0) is 69.3 Å². The first-order chi connectivity index (χ1) is 12.1. The maximum absolute atomic E-state index is 12.5. The molecule has 2 heterocycles. The number of carbonyl (C=O) groups is 1. The van der Waals surface area contributed by atoms with E-state index in [2.05, 4.69) is 37.4 Å². The third-order valence-corrected chi connectivity index (χ3v) is 5.66. The number of amides is 1. The van der Waals surface area contributed by atoms with Gasteiger partial charge in [-0.1, -0.05) is 12.1 Å². The van der Waals surface area contributed by atoms with Crippen molar-refractivity contribution in [3.8, 4) is 5.75 Å². The molecule has 26 heavy (non-hydrogen) atoms. The van der Waals surface area contributed by atoms with E-state index in [1.807, 2.05) is 4.90 Å². The minimum atomic E-state index is 0. The molecule has 0 aromatic heterocycles. The lowest BCUT2D eigenvalue weighted by atomic mass is 9.93. The molecule has 0 atom stereocenters. The van der Waals surface area contributed by atoms with Gasteiger partial charge in [0.2, 0.25) is 5.91 Å². The molecule has 0 aliphatic carbocycles. The normalized spacial score (nSPS) is 19.1. The lowest BCUT2D eigenvalue weighted by Crippen LogP contribution is -2.42. The number of aryl methyl sites for hydroxylation is 2. The van der Waals surface area contributed by atoms with Crippen molar-refractivity contribution in [2.45, 2.75) is 58.5 Å². The van der Waals surface area contributed by atoms with Crippen LogP contribution in [0.15, 0.2) is 18.2 Å².